The second kappa shape index (κ2) is 9.94. The lowest BCUT2D eigenvalue weighted by molar-refractivity contribution is -0.154. The van der Waals surface area contributed by atoms with Crippen LogP contribution in [0.1, 0.15) is 46.5 Å². The molecule has 0 fully saturated rings. The van der Waals surface area contributed by atoms with E-state index in [0.717, 1.165) is 17.7 Å². The first-order valence-electron chi connectivity index (χ1n) is 10.8. The number of ether oxygens (including phenoxy) is 1. The van der Waals surface area contributed by atoms with Crippen LogP contribution in [0, 0.1) is 11.7 Å². The van der Waals surface area contributed by atoms with Crippen LogP contribution in [-0.2, 0) is 14.3 Å². The first kappa shape index (κ1) is 23.4. The van der Waals surface area contributed by atoms with Gasteiger partial charge in [0.25, 0.3) is 0 Å². The number of oxime groups is 1. The average Bonchev–Trinajstić information content (AvgIpc) is 2.72. The zero-order valence-corrected chi connectivity index (χ0v) is 18.6. The van der Waals surface area contributed by atoms with Crippen LogP contribution in [0.4, 0.5) is 10.1 Å². The van der Waals surface area contributed by atoms with Crippen molar-refractivity contribution in [2.24, 2.45) is 11.1 Å². The monoisotopic (exact) mass is 440 g/mol. The van der Waals surface area contributed by atoms with E-state index in [2.05, 4.69) is 5.16 Å². The minimum Gasteiger partial charge on any atom is -0.460 e. The van der Waals surface area contributed by atoms with Crippen LogP contribution < -0.4 is 4.90 Å². The summed E-state index contributed by atoms with van der Waals surface area (Å²) in [5.41, 5.74) is 1.64. The zero-order valence-electron chi connectivity index (χ0n) is 18.6. The van der Waals surface area contributed by atoms with Gasteiger partial charge in [-0.2, -0.15) is 0 Å². The molecule has 0 radical (unpaired) electrons. The van der Waals surface area contributed by atoms with Crippen molar-refractivity contribution < 1.29 is 23.9 Å². The van der Waals surface area contributed by atoms with Gasteiger partial charge in [-0.3, -0.25) is 9.59 Å². The summed E-state index contributed by atoms with van der Waals surface area (Å²) < 4.78 is 18.8. The van der Waals surface area contributed by atoms with E-state index in [9.17, 15) is 14.0 Å². The number of halogens is 1. The Bertz CT molecular complexity index is 971. The van der Waals surface area contributed by atoms with Crippen molar-refractivity contribution in [1.29, 1.82) is 0 Å². The smallest absolute Gasteiger partial charge is 0.306 e. The predicted molar refractivity (Wildman–Crippen MR) is 121 cm³/mol. The summed E-state index contributed by atoms with van der Waals surface area (Å²) in [7, 11) is 0. The maximum atomic E-state index is 13.4. The van der Waals surface area contributed by atoms with E-state index in [4.69, 9.17) is 9.94 Å². The average molecular weight is 441 g/mol. The number of carbonyl (C=O) groups excluding carboxylic acids is 2. The Hall–Kier alpha value is -3.22. The Morgan fingerprint density at radius 2 is 1.97 bits per heavy atom. The number of carbonyl (C=O) groups is 2. The molecule has 1 aliphatic heterocycles. The fourth-order valence-electron chi connectivity index (χ4n) is 3.82. The van der Waals surface area contributed by atoms with Gasteiger partial charge < -0.3 is 14.8 Å². The van der Waals surface area contributed by atoms with E-state index in [1.165, 1.54) is 18.3 Å². The van der Waals surface area contributed by atoms with E-state index in [0.29, 0.717) is 24.8 Å². The van der Waals surface area contributed by atoms with Gasteiger partial charge in [0.05, 0.1) is 18.2 Å². The number of ketones is 1. The second-order valence-corrected chi connectivity index (χ2v) is 8.96. The van der Waals surface area contributed by atoms with Crippen LogP contribution in [0.5, 0.6) is 0 Å². The van der Waals surface area contributed by atoms with Crippen molar-refractivity contribution >= 4 is 23.7 Å². The van der Waals surface area contributed by atoms with E-state index in [1.807, 2.05) is 44.0 Å². The second-order valence-electron chi connectivity index (χ2n) is 8.96. The van der Waals surface area contributed by atoms with Gasteiger partial charge in [0.2, 0.25) is 0 Å². The highest BCUT2D eigenvalue weighted by Crippen LogP contribution is 2.33. The number of fused-ring (bicyclic) bond motifs is 1. The molecule has 1 aromatic rings. The molecule has 0 amide bonds. The summed E-state index contributed by atoms with van der Waals surface area (Å²) in [6, 6.07) is 6.08. The number of nitrogens with zero attached hydrogens (tertiary/aromatic N) is 2. The highest BCUT2D eigenvalue weighted by Gasteiger charge is 2.31. The third kappa shape index (κ3) is 5.93. The molecule has 0 spiro atoms. The lowest BCUT2D eigenvalue weighted by atomic mass is 9.83. The molecule has 0 saturated heterocycles. The molecule has 170 valence electrons. The fraction of sp³-hybridized carbons (Fsp3) is 0.400. The van der Waals surface area contributed by atoms with Crippen LogP contribution in [0.15, 0.2) is 65.0 Å². The number of unbranched alkanes of at least 4 members (excludes halogenated alkanes) is 1. The maximum Gasteiger partial charge on any atom is 0.306 e. The minimum absolute atomic E-state index is 0.130. The lowest BCUT2D eigenvalue weighted by Crippen LogP contribution is -2.35. The molecule has 1 aromatic carbocycles. The molecule has 1 N–H and O–H groups in total. The van der Waals surface area contributed by atoms with Crippen LogP contribution in [0.2, 0.25) is 0 Å². The third-order valence-corrected chi connectivity index (χ3v) is 5.26. The summed E-state index contributed by atoms with van der Waals surface area (Å²) in [4.78, 5) is 26.8. The minimum atomic E-state index is -0.603. The molecular weight excluding hydrogens is 411 g/mol. The van der Waals surface area contributed by atoms with Gasteiger partial charge in [-0.1, -0.05) is 24.6 Å². The van der Waals surface area contributed by atoms with Crippen LogP contribution in [-0.4, -0.2) is 34.8 Å². The standard InChI is InChI=1S/C25H29FN2O4/c1-25(2,3)32-23(29)7-5-4-6-21-14-22-18(9-8-17(15-27-31)24(22)30)16-28(21)20-12-10-19(26)11-13-20/h8-17,21,31H,4-7H2,1-3H3. The van der Waals surface area contributed by atoms with E-state index in [-0.39, 0.29) is 23.6 Å². The maximum absolute atomic E-state index is 13.4. The fourth-order valence-corrected chi connectivity index (χ4v) is 3.82. The molecule has 1 aliphatic carbocycles. The molecule has 0 aromatic heterocycles. The summed E-state index contributed by atoms with van der Waals surface area (Å²) in [5.74, 6) is -1.28. The normalized spacial score (nSPS) is 20.8. The van der Waals surface area contributed by atoms with Gasteiger partial charge >= 0.3 is 5.97 Å². The molecule has 0 bridgehead atoms. The Balaban J connectivity index is 1.76. The number of rotatable bonds is 7. The third-order valence-electron chi connectivity index (χ3n) is 5.26. The van der Waals surface area contributed by atoms with Crippen LogP contribution in [0.3, 0.4) is 0 Å². The Labute approximate surface area is 187 Å². The van der Waals surface area contributed by atoms with Crippen molar-refractivity contribution in [3.8, 4) is 0 Å². The number of allylic oxidation sites excluding steroid dienone is 4. The highest BCUT2D eigenvalue weighted by atomic mass is 19.1. The predicted octanol–water partition coefficient (Wildman–Crippen LogP) is 4.94. The number of hydrogen-bond donors (Lipinski definition) is 1. The van der Waals surface area contributed by atoms with Crippen molar-refractivity contribution in [2.75, 3.05) is 4.90 Å². The van der Waals surface area contributed by atoms with Crippen molar-refractivity contribution in [3.63, 3.8) is 0 Å². The number of anilines is 1. The molecule has 2 atom stereocenters. The molecule has 0 saturated carbocycles. The summed E-state index contributed by atoms with van der Waals surface area (Å²) in [5, 5.41) is 11.8. The van der Waals surface area contributed by atoms with Gasteiger partial charge in [0, 0.05) is 29.5 Å². The molecule has 2 unspecified atom stereocenters. The Kier molecular flexibility index (Phi) is 7.28. The van der Waals surface area contributed by atoms with Crippen molar-refractivity contribution in [1.82, 2.24) is 0 Å². The van der Waals surface area contributed by atoms with Gasteiger partial charge in [-0.05, 0) is 57.9 Å². The van der Waals surface area contributed by atoms with Gasteiger partial charge in [-0.15, -0.1) is 5.16 Å². The van der Waals surface area contributed by atoms with E-state index < -0.39 is 11.5 Å². The SMILES string of the molecule is CC(C)(C)OC(=O)CCCCC1C=C2C(=O)C(C=NO)C=CC2=CN1c1ccc(F)cc1. The number of esters is 1. The molecule has 3 rings (SSSR count). The van der Waals surface area contributed by atoms with Crippen LogP contribution in [0.25, 0.3) is 0 Å². The van der Waals surface area contributed by atoms with E-state index >= 15 is 0 Å². The molecule has 32 heavy (non-hydrogen) atoms. The van der Waals surface area contributed by atoms with Gasteiger partial charge in [0.15, 0.2) is 5.78 Å². The molecular formula is C25H29FN2O4. The lowest BCUT2D eigenvalue weighted by Gasteiger charge is -2.35. The molecule has 6 nitrogen and oxygen atoms in total. The molecule has 2 aliphatic rings. The van der Waals surface area contributed by atoms with Crippen molar-refractivity contribution in [2.45, 2.75) is 58.1 Å². The Morgan fingerprint density at radius 3 is 2.62 bits per heavy atom. The van der Waals surface area contributed by atoms with Gasteiger partial charge in [0.1, 0.15) is 11.4 Å². The summed E-state index contributed by atoms with van der Waals surface area (Å²) in [6.45, 7) is 5.52. The summed E-state index contributed by atoms with van der Waals surface area (Å²) >= 11 is 0. The first-order valence-corrected chi connectivity index (χ1v) is 10.8. The topological polar surface area (TPSA) is 79.2 Å². The zero-order chi connectivity index (χ0) is 23.3. The Morgan fingerprint density at radius 1 is 1.25 bits per heavy atom. The molecule has 7 heteroatoms. The number of benzene rings is 1. The number of hydrogen-bond acceptors (Lipinski definition) is 6. The van der Waals surface area contributed by atoms with Crippen LogP contribution >= 0.6 is 0 Å². The first-order chi connectivity index (χ1) is 15.2. The largest absolute Gasteiger partial charge is 0.460 e. The summed E-state index contributed by atoms with van der Waals surface area (Å²) in [6.07, 6.45) is 11.0. The highest BCUT2D eigenvalue weighted by molar-refractivity contribution is 6.12. The van der Waals surface area contributed by atoms with Gasteiger partial charge in [-0.25, -0.2) is 4.39 Å². The van der Waals surface area contributed by atoms with E-state index in [1.54, 1.807) is 18.2 Å². The quantitative estimate of drug-likeness (QED) is 0.214. The molecule has 1 heterocycles. The van der Waals surface area contributed by atoms with Crippen molar-refractivity contribution in [3.05, 3.63) is 65.7 Å². The number of Topliss-reactive ketones (excluding diaryl/α,β-unsaturated/α-hetero) is 1.